The Kier molecular flexibility index (Phi) is 3.74. The molecule has 0 aliphatic heterocycles. The van der Waals surface area contributed by atoms with Crippen LogP contribution in [-0.2, 0) is 6.54 Å². The van der Waals surface area contributed by atoms with Gasteiger partial charge in [0.1, 0.15) is 0 Å². The third kappa shape index (κ3) is 3.18. The fourth-order valence-corrected chi connectivity index (χ4v) is 1.69. The number of carbonyl (C=O) groups is 1. The molecule has 1 heterocycles. The van der Waals surface area contributed by atoms with Crippen molar-refractivity contribution < 1.29 is 4.79 Å². The SMILES string of the molecule is Nc1cc(Cl)cc(C(=O)NCc2cccnn2)c1. The number of hydrogen-bond acceptors (Lipinski definition) is 4. The summed E-state index contributed by atoms with van der Waals surface area (Å²) in [5, 5.41) is 10.7. The summed E-state index contributed by atoms with van der Waals surface area (Å²) in [6, 6.07) is 8.24. The highest BCUT2D eigenvalue weighted by Crippen LogP contribution is 2.16. The van der Waals surface area contributed by atoms with Crippen LogP contribution in [0.3, 0.4) is 0 Å². The van der Waals surface area contributed by atoms with E-state index in [4.69, 9.17) is 17.3 Å². The van der Waals surface area contributed by atoms with Crippen LogP contribution in [0.15, 0.2) is 36.5 Å². The number of nitrogens with one attached hydrogen (secondary N) is 1. The van der Waals surface area contributed by atoms with Gasteiger partial charge in [0, 0.05) is 22.5 Å². The zero-order chi connectivity index (χ0) is 13.0. The molecule has 18 heavy (non-hydrogen) atoms. The molecule has 92 valence electrons. The van der Waals surface area contributed by atoms with Crippen molar-refractivity contribution in [2.24, 2.45) is 0 Å². The van der Waals surface area contributed by atoms with Crippen LogP contribution >= 0.6 is 11.6 Å². The van der Waals surface area contributed by atoms with Crippen LogP contribution in [0.25, 0.3) is 0 Å². The molecule has 0 bridgehead atoms. The normalized spacial score (nSPS) is 10.1. The summed E-state index contributed by atoms with van der Waals surface area (Å²) in [6.07, 6.45) is 1.57. The molecule has 0 atom stereocenters. The lowest BCUT2D eigenvalue weighted by Gasteiger charge is -2.05. The molecule has 2 aromatic rings. The van der Waals surface area contributed by atoms with Crippen LogP contribution in [0, 0.1) is 0 Å². The molecule has 0 unspecified atom stereocenters. The standard InChI is InChI=1S/C12H11ClN4O/c13-9-4-8(5-10(14)6-9)12(18)15-7-11-2-1-3-16-17-11/h1-6H,7,14H2,(H,15,18). The summed E-state index contributed by atoms with van der Waals surface area (Å²) in [5.41, 5.74) is 7.17. The Hall–Kier alpha value is -2.14. The maximum atomic E-state index is 11.8. The molecule has 0 aliphatic carbocycles. The van der Waals surface area contributed by atoms with Gasteiger partial charge in [-0.05, 0) is 30.3 Å². The number of benzene rings is 1. The van der Waals surface area contributed by atoms with E-state index < -0.39 is 0 Å². The van der Waals surface area contributed by atoms with Gasteiger partial charge >= 0.3 is 0 Å². The highest BCUT2D eigenvalue weighted by atomic mass is 35.5. The van der Waals surface area contributed by atoms with Crippen molar-refractivity contribution in [1.29, 1.82) is 0 Å². The number of amides is 1. The number of aromatic nitrogens is 2. The maximum Gasteiger partial charge on any atom is 0.251 e. The first kappa shape index (κ1) is 12.3. The van der Waals surface area contributed by atoms with Crippen molar-refractivity contribution in [3.8, 4) is 0 Å². The summed E-state index contributed by atoms with van der Waals surface area (Å²) in [7, 11) is 0. The minimum absolute atomic E-state index is 0.255. The summed E-state index contributed by atoms with van der Waals surface area (Å²) in [6.45, 7) is 0.305. The molecule has 0 aliphatic rings. The molecule has 1 amide bonds. The number of carbonyl (C=O) groups excluding carboxylic acids is 1. The highest BCUT2D eigenvalue weighted by molar-refractivity contribution is 6.31. The van der Waals surface area contributed by atoms with Gasteiger partial charge in [-0.3, -0.25) is 4.79 Å². The molecule has 1 aromatic heterocycles. The zero-order valence-corrected chi connectivity index (χ0v) is 10.2. The number of hydrogen-bond donors (Lipinski definition) is 2. The van der Waals surface area contributed by atoms with Crippen LogP contribution in [0.5, 0.6) is 0 Å². The predicted molar refractivity (Wildman–Crippen MR) is 69.1 cm³/mol. The third-order valence-corrected chi connectivity index (χ3v) is 2.46. The van der Waals surface area contributed by atoms with Crippen molar-refractivity contribution >= 4 is 23.2 Å². The predicted octanol–water partition coefficient (Wildman–Crippen LogP) is 1.64. The van der Waals surface area contributed by atoms with E-state index in [9.17, 15) is 4.79 Å². The average molecular weight is 263 g/mol. The van der Waals surface area contributed by atoms with Gasteiger partial charge < -0.3 is 11.1 Å². The van der Waals surface area contributed by atoms with Gasteiger partial charge in [-0.1, -0.05) is 11.6 Å². The molecule has 0 saturated carbocycles. The fourth-order valence-electron chi connectivity index (χ4n) is 1.44. The van der Waals surface area contributed by atoms with E-state index in [1.165, 1.54) is 0 Å². The second kappa shape index (κ2) is 5.46. The quantitative estimate of drug-likeness (QED) is 0.824. The monoisotopic (exact) mass is 262 g/mol. The molecule has 5 nitrogen and oxygen atoms in total. The highest BCUT2D eigenvalue weighted by Gasteiger charge is 2.07. The van der Waals surface area contributed by atoms with E-state index >= 15 is 0 Å². The lowest BCUT2D eigenvalue weighted by Crippen LogP contribution is -2.23. The topological polar surface area (TPSA) is 80.9 Å². The van der Waals surface area contributed by atoms with Gasteiger partial charge in [-0.15, -0.1) is 0 Å². The van der Waals surface area contributed by atoms with Gasteiger partial charge in [0.25, 0.3) is 5.91 Å². The van der Waals surface area contributed by atoms with Gasteiger partial charge in [0.05, 0.1) is 12.2 Å². The molecular formula is C12H11ClN4O. The van der Waals surface area contributed by atoms with Crippen LogP contribution < -0.4 is 11.1 Å². The smallest absolute Gasteiger partial charge is 0.251 e. The van der Waals surface area contributed by atoms with Crippen molar-refractivity contribution in [1.82, 2.24) is 15.5 Å². The Labute approximate surface area is 109 Å². The zero-order valence-electron chi connectivity index (χ0n) is 9.43. The molecule has 6 heteroatoms. The Morgan fingerprint density at radius 1 is 1.39 bits per heavy atom. The van der Waals surface area contributed by atoms with Gasteiger partial charge in [0.15, 0.2) is 0 Å². The second-order valence-corrected chi connectivity index (χ2v) is 4.11. The summed E-state index contributed by atoms with van der Waals surface area (Å²) in [4.78, 5) is 11.8. The van der Waals surface area contributed by atoms with Crippen molar-refractivity contribution in [3.63, 3.8) is 0 Å². The summed E-state index contributed by atoms with van der Waals surface area (Å²) in [5.74, 6) is -0.255. The van der Waals surface area contributed by atoms with E-state index in [2.05, 4.69) is 15.5 Å². The number of nitrogen functional groups attached to an aromatic ring is 1. The van der Waals surface area contributed by atoms with Crippen molar-refractivity contribution in [3.05, 3.63) is 52.8 Å². The van der Waals surface area contributed by atoms with Crippen LogP contribution in [0.2, 0.25) is 5.02 Å². The van der Waals surface area contributed by atoms with Gasteiger partial charge in [-0.2, -0.15) is 10.2 Å². The molecule has 0 fully saturated rings. The Morgan fingerprint density at radius 3 is 2.89 bits per heavy atom. The lowest BCUT2D eigenvalue weighted by atomic mass is 10.2. The largest absolute Gasteiger partial charge is 0.399 e. The molecular weight excluding hydrogens is 252 g/mol. The Bertz CT molecular complexity index is 539. The fraction of sp³-hybridized carbons (Fsp3) is 0.0833. The van der Waals surface area contributed by atoms with Gasteiger partial charge in [0.2, 0.25) is 0 Å². The Balaban J connectivity index is 2.04. The summed E-state index contributed by atoms with van der Waals surface area (Å²) < 4.78 is 0. The van der Waals surface area contributed by atoms with E-state index in [0.29, 0.717) is 28.5 Å². The van der Waals surface area contributed by atoms with E-state index in [0.717, 1.165) is 0 Å². The number of rotatable bonds is 3. The maximum absolute atomic E-state index is 11.8. The molecule has 0 saturated heterocycles. The molecule has 1 aromatic carbocycles. The van der Waals surface area contributed by atoms with Crippen LogP contribution in [-0.4, -0.2) is 16.1 Å². The first-order valence-corrected chi connectivity index (χ1v) is 5.64. The molecule has 3 N–H and O–H groups in total. The number of nitrogens with two attached hydrogens (primary N) is 1. The summed E-state index contributed by atoms with van der Waals surface area (Å²) >= 11 is 5.83. The molecule has 0 spiro atoms. The first-order chi connectivity index (χ1) is 8.65. The third-order valence-electron chi connectivity index (χ3n) is 2.24. The molecule has 0 radical (unpaired) electrons. The number of anilines is 1. The van der Waals surface area contributed by atoms with E-state index in [-0.39, 0.29) is 5.91 Å². The van der Waals surface area contributed by atoms with Crippen molar-refractivity contribution in [2.75, 3.05) is 5.73 Å². The second-order valence-electron chi connectivity index (χ2n) is 3.67. The van der Waals surface area contributed by atoms with E-state index in [1.807, 2.05) is 0 Å². The minimum Gasteiger partial charge on any atom is -0.399 e. The van der Waals surface area contributed by atoms with Crippen LogP contribution in [0.4, 0.5) is 5.69 Å². The lowest BCUT2D eigenvalue weighted by molar-refractivity contribution is 0.0950. The minimum atomic E-state index is -0.255. The van der Waals surface area contributed by atoms with Crippen molar-refractivity contribution in [2.45, 2.75) is 6.54 Å². The number of halogens is 1. The van der Waals surface area contributed by atoms with Gasteiger partial charge in [-0.25, -0.2) is 0 Å². The van der Waals surface area contributed by atoms with Crippen LogP contribution in [0.1, 0.15) is 16.1 Å². The first-order valence-electron chi connectivity index (χ1n) is 5.26. The molecule has 2 rings (SSSR count). The Morgan fingerprint density at radius 2 is 2.22 bits per heavy atom. The van der Waals surface area contributed by atoms with E-state index in [1.54, 1.807) is 36.5 Å². The average Bonchev–Trinajstić information content (AvgIpc) is 2.36. The number of nitrogens with zero attached hydrogens (tertiary/aromatic N) is 2.